The molecule has 9 rings (SSSR count). The molecule has 7 aromatic rings. The van der Waals surface area contributed by atoms with Crippen LogP contribution in [0.1, 0.15) is 24.0 Å². The number of hydrogen-bond acceptors (Lipinski definition) is 2. The molecule has 0 spiro atoms. The summed E-state index contributed by atoms with van der Waals surface area (Å²) in [6.45, 7) is 0. The summed E-state index contributed by atoms with van der Waals surface area (Å²) in [5.41, 5.74) is 12.7. The van der Waals surface area contributed by atoms with Gasteiger partial charge in [-0.15, -0.1) is 0 Å². The van der Waals surface area contributed by atoms with Crippen LogP contribution in [0.4, 0.5) is 11.4 Å². The number of anilines is 2. The maximum atomic E-state index is 3.82. The Balaban J connectivity index is 1.21. The van der Waals surface area contributed by atoms with Crippen molar-refractivity contribution in [3.63, 3.8) is 0 Å². The van der Waals surface area contributed by atoms with E-state index in [1.165, 1.54) is 72.0 Å². The van der Waals surface area contributed by atoms with Gasteiger partial charge in [0.15, 0.2) is 0 Å². The minimum absolute atomic E-state index is 0.167. The monoisotopic (exact) mass is 614 g/mol. The fraction of sp³-hybridized carbons (Fsp3) is 0.0870. The molecule has 0 aromatic heterocycles. The Labute approximate surface area is 282 Å². The number of nitrogens with zero attached hydrogens (tertiary/aromatic N) is 1. The molecule has 48 heavy (non-hydrogen) atoms. The number of rotatable bonds is 6. The first-order valence-corrected chi connectivity index (χ1v) is 16.8. The quantitative estimate of drug-likeness (QED) is 0.188. The molecule has 1 N–H and O–H groups in total. The second kappa shape index (κ2) is 12.0. The van der Waals surface area contributed by atoms with Crippen molar-refractivity contribution in [2.45, 2.75) is 25.4 Å². The number of para-hydroxylation sites is 2. The van der Waals surface area contributed by atoms with Gasteiger partial charge in [-0.3, -0.25) is 0 Å². The molecule has 1 heterocycles. The molecule has 2 heteroatoms. The number of allylic oxidation sites excluding steroid dienone is 4. The molecule has 0 bridgehead atoms. The predicted molar refractivity (Wildman–Crippen MR) is 202 cm³/mol. The molecular weight excluding hydrogens is 581 g/mol. The summed E-state index contributed by atoms with van der Waals surface area (Å²) in [7, 11) is 0. The largest absolute Gasteiger partial charge is 0.363 e. The average molecular weight is 615 g/mol. The Bertz CT molecular complexity index is 2340. The number of nitrogens with one attached hydrogen (secondary N) is 1. The molecule has 1 atom stereocenters. The van der Waals surface area contributed by atoms with E-state index in [2.05, 4.69) is 168 Å². The van der Waals surface area contributed by atoms with Gasteiger partial charge in [-0.2, -0.15) is 0 Å². The Hall–Kier alpha value is -6.04. The van der Waals surface area contributed by atoms with Crippen molar-refractivity contribution < 1.29 is 0 Å². The van der Waals surface area contributed by atoms with E-state index in [0.717, 1.165) is 24.8 Å². The standard InChI is InChI=1S/C46H34N2/c1-4-14-32(15-5-1)30-44-47-42-22-12-13-23-43(42)48(44)37-27-24-35(25-28-37)46-39-21-11-10-20-38(39)45(34-18-8-3-9-19-34)40-29-26-36(31-41(40)46)33-16-6-2-7-17-33/h1,3-6,8-24,26-27,29,31,44,47H,25,28,30H2. The summed E-state index contributed by atoms with van der Waals surface area (Å²) in [6.07, 6.45) is 7.79. The minimum Gasteiger partial charge on any atom is -0.363 e. The predicted octanol–water partition coefficient (Wildman–Crippen LogP) is 11.5. The van der Waals surface area contributed by atoms with E-state index in [9.17, 15) is 0 Å². The molecular formula is C46H34N2. The maximum absolute atomic E-state index is 3.82. The molecule has 0 saturated carbocycles. The first-order chi connectivity index (χ1) is 23.8. The third-order valence-electron chi connectivity index (χ3n) is 9.90. The SMILES string of the molecule is c1ccc(-c2ccc3c(-c4ccccc4)c4ccccc4c(C4=CC=C(N5c6ccccc6NC5Cc5ccccc5)CC4)c3c2)cc#1. The molecule has 228 valence electrons. The van der Waals surface area contributed by atoms with Crippen molar-refractivity contribution in [2.75, 3.05) is 10.2 Å². The maximum Gasteiger partial charge on any atom is 0.108 e. The zero-order chi connectivity index (χ0) is 31.9. The lowest BCUT2D eigenvalue weighted by Crippen LogP contribution is -2.37. The lowest BCUT2D eigenvalue weighted by molar-refractivity contribution is 0.701. The summed E-state index contributed by atoms with van der Waals surface area (Å²) < 4.78 is 0. The van der Waals surface area contributed by atoms with Crippen LogP contribution in [0.2, 0.25) is 0 Å². The molecule has 0 radical (unpaired) electrons. The molecule has 0 amide bonds. The van der Waals surface area contributed by atoms with Crippen LogP contribution in [0.25, 0.3) is 49.4 Å². The first kappa shape index (κ1) is 28.2. The second-order valence-corrected chi connectivity index (χ2v) is 12.7. The van der Waals surface area contributed by atoms with Gasteiger partial charge in [0.2, 0.25) is 0 Å². The van der Waals surface area contributed by atoms with Crippen LogP contribution >= 0.6 is 0 Å². The average Bonchev–Trinajstić information content (AvgIpc) is 3.52. The summed E-state index contributed by atoms with van der Waals surface area (Å²) in [6, 6.07) is 58.6. The molecule has 0 fully saturated rings. The topological polar surface area (TPSA) is 15.3 Å². The van der Waals surface area contributed by atoms with Gasteiger partial charge < -0.3 is 10.2 Å². The summed E-state index contributed by atoms with van der Waals surface area (Å²) in [5, 5.41) is 8.98. The van der Waals surface area contributed by atoms with Crippen LogP contribution < -0.4 is 10.2 Å². The third kappa shape index (κ3) is 4.93. The molecule has 1 unspecified atom stereocenters. The highest BCUT2D eigenvalue weighted by Crippen LogP contribution is 2.46. The van der Waals surface area contributed by atoms with Crippen LogP contribution in [-0.4, -0.2) is 6.17 Å². The van der Waals surface area contributed by atoms with E-state index in [0.29, 0.717) is 0 Å². The highest BCUT2D eigenvalue weighted by Gasteiger charge is 2.32. The van der Waals surface area contributed by atoms with E-state index in [1.54, 1.807) is 0 Å². The van der Waals surface area contributed by atoms with Crippen LogP contribution in [0, 0.1) is 12.1 Å². The van der Waals surface area contributed by atoms with E-state index < -0.39 is 0 Å². The Morgan fingerprint density at radius 3 is 2.08 bits per heavy atom. The fourth-order valence-electron chi connectivity index (χ4n) is 7.73. The number of hydrogen-bond donors (Lipinski definition) is 1. The highest BCUT2D eigenvalue weighted by molar-refractivity contribution is 6.19. The summed E-state index contributed by atoms with van der Waals surface area (Å²) >= 11 is 0. The molecule has 0 saturated heterocycles. The van der Waals surface area contributed by atoms with E-state index in [1.807, 2.05) is 12.1 Å². The van der Waals surface area contributed by atoms with Crippen molar-refractivity contribution in [2.24, 2.45) is 0 Å². The number of fused-ring (bicyclic) bond motifs is 3. The second-order valence-electron chi connectivity index (χ2n) is 12.7. The molecule has 1 aliphatic heterocycles. The zero-order valence-corrected chi connectivity index (χ0v) is 26.7. The van der Waals surface area contributed by atoms with Crippen molar-refractivity contribution >= 4 is 38.5 Å². The van der Waals surface area contributed by atoms with Gasteiger partial charge in [-0.25, -0.2) is 0 Å². The van der Waals surface area contributed by atoms with Gasteiger partial charge in [-0.1, -0.05) is 127 Å². The van der Waals surface area contributed by atoms with E-state index >= 15 is 0 Å². The molecule has 2 aliphatic rings. The van der Waals surface area contributed by atoms with Crippen molar-refractivity contribution in [1.29, 1.82) is 0 Å². The Morgan fingerprint density at radius 2 is 1.31 bits per heavy atom. The summed E-state index contributed by atoms with van der Waals surface area (Å²) in [5.74, 6) is 0. The third-order valence-corrected chi connectivity index (χ3v) is 9.90. The van der Waals surface area contributed by atoms with E-state index in [-0.39, 0.29) is 6.17 Å². The Morgan fingerprint density at radius 1 is 0.583 bits per heavy atom. The fourth-order valence-corrected chi connectivity index (χ4v) is 7.73. The van der Waals surface area contributed by atoms with Crippen LogP contribution in [0.3, 0.4) is 0 Å². The lowest BCUT2D eigenvalue weighted by Gasteiger charge is -2.31. The van der Waals surface area contributed by atoms with Crippen LogP contribution in [-0.2, 0) is 6.42 Å². The molecule has 7 aromatic carbocycles. The zero-order valence-electron chi connectivity index (χ0n) is 26.7. The van der Waals surface area contributed by atoms with Gasteiger partial charge in [-0.05, 0) is 116 Å². The van der Waals surface area contributed by atoms with Crippen molar-refractivity contribution in [3.05, 3.63) is 187 Å². The Kier molecular flexibility index (Phi) is 7.03. The van der Waals surface area contributed by atoms with Gasteiger partial charge in [0.1, 0.15) is 6.17 Å². The molecule has 1 aliphatic carbocycles. The lowest BCUT2D eigenvalue weighted by atomic mass is 9.82. The highest BCUT2D eigenvalue weighted by atomic mass is 15.3. The van der Waals surface area contributed by atoms with Gasteiger partial charge >= 0.3 is 0 Å². The molecule has 2 nitrogen and oxygen atoms in total. The van der Waals surface area contributed by atoms with Crippen molar-refractivity contribution in [3.8, 4) is 22.3 Å². The van der Waals surface area contributed by atoms with Gasteiger partial charge in [0.25, 0.3) is 0 Å². The van der Waals surface area contributed by atoms with Gasteiger partial charge in [0.05, 0.1) is 11.4 Å². The smallest absolute Gasteiger partial charge is 0.108 e. The van der Waals surface area contributed by atoms with Crippen molar-refractivity contribution in [1.82, 2.24) is 0 Å². The summed E-state index contributed by atoms with van der Waals surface area (Å²) in [4.78, 5) is 2.53. The first-order valence-electron chi connectivity index (χ1n) is 16.8. The van der Waals surface area contributed by atoms with Gasteiger partial charge in [0, 0.05) is 12.1 Å². The minimum atomic E-state index is 0.167. The normalized spacial score (nSPS) is 15.4. The van der Waals surface area contributed by atoms with E-state index in [4.69, 9.17) is 0 Å². The van der Waals surface area contributed by atoms with Crippen LogP contribution in [0.15, 0.2) is 163 Å². The van der Waals surface area contributed by atoms with Crippen LogP contribution in [0.5, 0.6) is 0 Å². The number of benzene rings is 6.